The number of amides is 1. The fraction of sp³-hybridized carbons (Fsp3) is 0.0769. The van der Waals surface area contributed by atoms with Gasteiger partial charge in [0, 0.05) is 21.2 Å². The number of nitrogens with zero attached hydrogens (tertiary/aromatic N) is 6. The van der Waals surface area contributed by atoms with Gasteiger partial charge in [0.1, 0.15) is 12.3 Å². The standard InChI is InChI=1S/C26H20Cl2N8O4/c1-38-21-12-15(10-11-20(21)39-14-17-18(27)8-5-9-19(17)28)13-30-32-26(37)23-22(16-6-3-2-4-7-16)31-35-36(23)25-24(29)33-40-34-25/h2-13H,14H2,1H3,(H2,29,33)(H,32,37)/b30-13-. The van der Waals surface area contributed by atoms with E-state index in [0.717, 1.165) is 4.68 Å². The van der Waals surface area contributed by atoms with Crippen molar-refractivity contribution in [3.8, 4) is 28.6 Å². The number of nitrogens with one attached hydrogen (secondary N) is 1. The Morgan fingerprint density at radius 1 is 1.07 bits per heavy atom. The average Bonchev–Trinajstić information content (AvgIpc) is 3.59. The minimum atomic E-state index is -0.619. The molecule has 12 nitrogen and oxygen atoms in total. The van der Waals surface area contributed by atoms with Crippen LogP contribution in [0.5, 0.6) is 11.5 Å². The summed E-state index contributed by atoms with van der Waals surface area (Å²) in [5.41, 5.74) is 10.6. The van der Waals surface area contributed by atoms with Crippen LogP contribution >= 0.6 is 23.2 Å². The number of carbonyl (C=O) groups is 1. The topological polar surface area (TPSA) is 156 Å². The van der Waals surface area contributed by atoms with E-state index in [0.29, 0.717) is 38.2 Å². The van der Waals surface area contributed by atoms with E-state index in [4.69, 9.17) is 38.4 Å². The lowest BCUT2D eigenvalue weighted by Gasteiger charge is -2.13. The van der Waals surface area contributed by atoms with E-state index in [-0.39, 0.29) is 29.6 Å². The van der Waals surface area contributed by atoms with Crippen LogP contribution in [-0.4, -0.2) is 44.5 Å². The van der Waals surface area contributed by atoms with Crippen molar-refractivity contribution >= 4 is 41.1 Å². The molecule has 0 radical (unpaired) electrons. The molecule has 0 saturated carbocycles. The molecule has 0 aliphatic carbocycles. The minimum Gasteiger partial charge on any atom is -0.493 e. The molecule has 0 atom stereocenters. The number of carbonyl (C=O) groups excluding carboxylic acids is 1. The summed E-state index contributed by atoms with van der Waals surface area (Å²) in [6.07, 6.45) is 1.44. The van der Waals surface area contributed by atoms with E-state index in [1.165, 1.54) is 13.3 Å². The highest BCUT2D eigenvalue weighted by molar-refractivity contribution is 6.35. The number of hydrogen-bond donors (Lipinski definition) is 2. The summed E-state index contributed by atoms with van der Waals surface area (Å²) in [5.74, 6) is 0.253. The number of nitrogen functional groups attached to an aromatic ring is 1. The lowest BCUT2D eigenvalue weighted by molar-refractivity contribution is 0.0947. The molecule has 14 heteroatoms. The van der Waals surface area contributed by atoms with Gasteiger partial charge in [-0.05, 0) is 46.2 Å². The van der Waals surface area contributed by atoms with Gasteiger partial charge >= 0.3 is 0 Å². The van der Waals surface area contributed by atoms with Gasteiger partial charge in [0.2, 0.25) is 11.6 Å². The third-order valence-electron chi connectivity index (χ3n) is 5.63. The molecule has 0 spiro atoms. The maximum absolute atomic E-state index is 13.3. The lowest BCUT2D eigenvalue weighted by Crippen LogP contribution is -2.22. The van der Waals surface area contributed by atoms with Crippen LogP contribution in [0.4, 0.5) is 5.82 Å². The molecule has 2 aromatic heterocycles. The van der Waals surface area contributed by atoms with Gasteiger partial charge in [-0.3, -0.25) is 4.79 Å². The maximum Gasteiger partial charge on any atom is 0.292 e. The average molecular weight is 579 g/mol. The number of rotatable bonds is 9. The van der Waals surface area contributed by atoms with Gasteiger partial charge < -0.3 is 15.2 Å². The largest absolute Gasteiger partial charge is 0.493 e. The molecule has 3 aromatic carbocycles. The molecular formula is C26H20Cl2N8O4. The summed E-state index contributed by atoms with van der Waals surface area (Å²) in [7, 11) is 1.51. The van der Waals surface area contributed by atoms with E-state index in [1.807, 2.05) is 18.2 Å². The molecule has 0 saturated heterocycles. The molecular weight excluding hydrogens is 559 g/mol. The molecule has 0 bridgehead atoms. The highest BCUT2D eigenvalue weighted by Gasteiger charge is 2.25. The number of hydrazone groups is 1. The van der Waals surface area contributed by atoms with Gasteiger partial charge in [-0.25, -0.2) is 10.1 Å². The molecule has 202 valence electrons. The van der Waals surface area contributed by atoms with E-state index < -0.39 is 5.91 Å². The zero-order valence-electron chi connectivity index (χ0n) is 20.8. The molecule has 0 unspecified atom stereocenters. The van der Waals surface area contributed by atoms with Crippen molar-refractivity contribution in [2.75, 3.05) is 12.8 Å². The highest BCUT2D eigenvalue weighted by atomic mass is 35.5. The Bertz CT molecular complexity index is 1670. The van der Waals surface area contributed by atoms with Crippen molar-refractivity contribution in [1.29, 1.82) is 0 Å². The Labute approximate surface area is 237 Å². The molecule has 0 aliphatic rings. The third kappa shape index (κ3) is 5.58. The van der Waals surface area contributed by atoms with Crippen LogP contribution in [0.15, 0.2) is 76.5 Å². The molecule has 2 heterocycles. The van der Waals surface area contributed by atoms with Crippen molar-refractivity contribution in [1.82, 2.24) is 30.7 Å². The predicted octanol–water partition coefficient (Wildman–Crippen LogP) is 4.56. The fourth-order valence-electron chi connectivity index (χ4n) is 3.68. The summed E-state index contributed by atoms with van der Waals surface area (Å²) >= 11 is 12.5. The molecule has 0 aliphatic heterocycles. The first-order valence-corrected chi connectivity index (χ1v) is 12.4. The third-order valence-corrected chi connectivity index (χ3v) is 6.34. The molecule has 40 heavy (non-hydrogen) atoms. The minimum absolute atomic E-state index is 0.0159. The zero-order valence-corrected chi connectivity index (χ0v) is 22.3. The number of hydrogen-bond acceptors (Lipinski definition) is 10. The molecule has 3 N–H and O–H groups in total. The SMILES string of the molecule is COc1cc(/C=N\NC(=O)c2c(-c3ccccc3)nnn2-c2nonc2N)ccc1OCc1c(Cl)cccc1Cl. The van der Waals surface area contributed by atoms with Gasteiger partial charge in [-0.1, -0.05) is 64.8 Å². The number of nitrogens with two attached hydrogens (primary N) is 1. The van der Waals surface area contributed by atoms with Crippen molar-refractivity contribution in [3.63, 3.8) is 0 Å². The van der Waals surface area contributed by atoms with Crippen molar-refractivity contribution < 1.29 is 18.9 Å². The number of anilines is 1. The lowest BCUT2D eigenvalue weighted by atomic mass is 10.1. The molecule has 1 amide bonds. The smallest absolute Gasteiger partial charge is 0.292 e. The van der Waals surface area contributed by atoms with E-state index in [2.05, 4.69) is 35.8 Å². The van der Waals surface area contributed by atoms with Crippen LogP contribution in [0.3, 0.4) is 0 Å². The summed E-state index contributed by atoms with van der Waals surface area (Å²) in [4.78, 5) is 13.3. The van der Waals surface area contributed by atoms with Crippen molar-refractivity contribution in [3.05, 3.63) is 93.6 Å². The Morgan fingerprint density at radius 3 is 2.55 bits per heavy atom. The normalized spacial score (nSPS) is 11.1. The van der Waals surface area contributed by atoms with Gasteiger partial charge in [-0.15, -0.1) is 5.10 Å². The maximum atomic E-state index is 13.3. The van der Waals surface area contributed by atoms with Crippen LogP contribution < -0.4 is 20.6 Å². The quantitative estimate of drug-likeness (QED) is 0.189. The van der Waals surface area contributed by atoms with Gasteiger partial charge in [0.25, 0.3) is 5.91 Å². The predicted molar refractivity (Wildman–Crippen MR) is 148 cm³/mol. The first kappa shape index (κ1) is 26.7. The second kappa shape index (κ2) is 11.8. The van der Waals surface area contributed by atoms with Crippen LogP contribution in [0.2, 0.25) is 10.0 Å². The van der Waals surface area contributed by atoms with Gasteiger partial charge in [0.05, 0.1) is 13.3 Å². The Kier molecular flexibility index (Phi) is 7.89. The highest BCUT2D eigenvalue weighted by Crippen LogP contribution is 2.31. The monoisotopic (exact) mass is 578 g/mol. The second-order valence-electron chi connectivity index (χ2n) is 8.14. The second-order valence-corrected chi connectivity index (χ2v) is 8.95. The zero-order chi connectivity index (χ0) is 28.1. The first-order valence-electron chi connectivity index (χ1n) is 11.6. The van der Waals surface area contributed by atoms with Crippen LogP contribution in [0.1, 0.15) is 21.6 Å². The van der Waals surface area contributed by atoms with Crippen molar-refractivity contribution in [2.24, 2.45) is 5.10 Å². The molecule has 0 fully saturated rings. The summed E-state index contributed by atoms with van der Waals surface area (Å²) in [5, 5.41) is 20.5. The van der Waals surface area contributed by atoms with Crippen LogP contribution in [0, 0.1) is 0 Å². The van der Waals surface area contributed by atoms with Crippen LogP contribution in [-0.2, 0) is 6.61 Å². The van der Waals surface area contributed by atoms with Gasteiger partial charge in [0.15, 0.2) is 17.2 Å². The Balaban J connectivity index is 1.35. The fourth-order valence-corrected chi connectivity index (χ4v) is 4.19. The van der Waals surface area contributed by atoms with E-state index >= 15 is 0 Å². The molecule has 5 rings (SSSR count). The summed E-state index contributed by atoms with van der Waals surface area (Å²) in [6.45, 7) is 0.148. The number of benzene rings is 3. The Hall–Kier alpha value is -4.94. The van der Waals surface area contributed by atoms with Crippen LogP contribution in [0.25, 0.3) is 17.1 Å². The van der Waals surface area contributed by atoms with Gasteiger partial charge in [-0.2, -0.15) is 9.78 Å². The number of halogens is 2. The number of ether oxygens (including phenoxy) is 2. The molecule has 5 aromatic rings. The Morgan fingerprint density at radius 2 is 1.85 bits per heavy atom. The number of methoxy groups -OCH3 is 1. The summed E-state index contributed by atoms with van der Waals surface area (Å²) in [6, 6.07) is 19.4. The van der Waals surface area contributed by atoms with E-state index in [1.54, 1.807) is 48.5 Å². The van der Waals surface area contributed by atoms with Crippen molar-refractivity contribution in [2.45, 2.75) is 6.61 Å². The first-order chi connectivity index (χ1) is 19.5. The number of aromatic nitrogens is 5. The van der Waals surface area contributed by atoms with E-state index in [9.17, 15) is 4.79 Å². The summed E-state index contributed by atoms with van der Waals surface area (Å²) < 4.78 is 17.1.